The lowest BCUT2D eigenvalue weighted by Gasteiger charge is -2.36. The van der Waals surface area contributed by atoms with Crippen LogP contribution in [0.25, 0.3) is 0 Å². The van der Waals surface area contributed by atoms with Crippen molar-refractivity contribution in [3.63, 3.8) is 0 Å². The molecule has 0 aliphatic heterocycles. The van der Waals surface area contributed by atoms with Crippen LogP contribution in [0.2, 0.25) is 0 Å². The molecule has 3 N–H and O–H groups in total. The predicted octanol–water partition coefficient (Wildman–Crippen LogP) is 2.14. The summed E-state index contributed by atoms with van der Waals surface area (Å²) in [6.07, 6.45) is 4.26. The molecule has 3 rings (SSSR count). The zero-order valence-corrected chi connectivity index (χ0v) is 16.2. The van der Waals surface area contributed by atoms with Gasteiger partial charge in [-0.05, 0) is 68.6 Å². The number of carbonyl (C=O) groups excluding carboxylic acids is 1. The van der Waals surface area contributed by atoms with Gasteiger partial charge in [0, 0.05) is 12.1 Å². The molecule has 1 aromatic rings. The Morgan fingerprint density at radius 2 is 1.85 bits per heavy atom. The van der Waals surface area contributed by atoms with Gasteiger partial charge in [-0.25, -0.2) is 17.9 Å². The van der Waals surface area contributed by atoms with Gasteiger partial charge < -0.3 is 10.4 Å². The molecule has 2 aliphatic carbocycles. The van der Waals surface area contributed by atoms with Crippen molar-refractivity contribution in [3.05, 3.63) is 29.8 Å². The molecular weight excluding hydrogens is 368 g/mol. The summed E-state index contributed by atoms with van der Waals surface area (Å²) in [5.41, 5.74) is -1.15. The van der Waals surface area contributed by atoms with Gasteiger partial charge in [0.1, 0.15) is 5.54 Å². The molecule has 7 nitrogen and oxygen atoms in total. The molecule has 0 radical (unpaired) electrons. The van der Waals surface area contributed by atoms with Crippen molar-refractivity contribution >= 4 is 21.9 Å². The number of carbonyl (C=O) groups is 2. The Hall–Kier alpha value is -1.93. The van der Waals surface area contributed by atoms with Crippen molar-refractivity contribution in [1.82, 2.24) is 10.0 Å². The molecule has 0 atom stereocenters. The Kier molecular flexibility index (Phi) is 5.58. The number of carboxylic acid groups (broad SMARTS) is 1. The van der Waals surface area contributed by atoms with Gasteiger partial charge in [-0.3, -0.25) is 4.79 Å². The summed E-state index contributed by atoms with van der Waals surface area (Å²) < 4.78 is 27.4. The van der Waals surface area contributed by atoms with E-state index < -0.39 is 27.4 Å². The highest BCUT2D eigenvalue weighted by Crippen LogP contribution is 2.32. The lowest BCUT2D eigenvalue weighted by Crippen LogP contribution is -2.56. The summed E-state index contributed by atoms with van der Waals surface area (Å²) in [6.45, 7) is 2.47. The molecule has 2 fully saturated rings. The van der Waals surface area contributed by atoms with E-state index >= 15 is 0 Å². The Bertz CT molecular complexity index is 824. The minimum Gasteiger partial charge on any atom is -0.480 e. The summed E-state index contributed by atoms with van der Waals surface area (Å²) in [7, 11) is -3.69. The smallest absolute Gasteiger partial charge is 0.329 e. The highest BCUT2D eigenvalue weighted by atomic mass is 32.2. The summed E-state index contributed by atoms with van der Waals surface area (Å²) in [6, 6.07) is 5.72. The first-order valence-corrected chi connectivity index (χ1v) is 10.9. The third-order valence-corrected chi connectivity index (χ3v) is 6.98. The molecule has 1 amide bonds. The zero-order valence-electron chi connectivity index (χ0n) is 15.4. The first kappa shape index (κ1) is 19.8. The van der Waals surface area contributed by atoms with Crippen LogP contribution in [0.3, 0.4) is 0 Å². The highest BCUT2D eigenvalue weighted by Gasteiger charge is 2.42. The first-order valence-electron chi connectivity index (χ1n) is 9.37. The van der Waals surface area contributed by atoms with Crippen LogP contribution in [0.4, 0.5) is 0 Å². The van der Waals surface area contributed by atoms with Gasteiger partial charge in [-0.15, -0.1) is 0 Å². The van der Waals surface area contributed by atoms with Crippen molar-refractivity contribution < 1.29 is 23.1 Å². The van der Waals surface area contributed by atoms with Gasteiger partial charge in [-0.2, -0.15) is 0 Å². The Balaban J connectivity index is 1.75. The first-order chi connectivity index (χ1) is 12.7. The molecule has 0 saturated heterocycles. The molecule has 0 unspecified atom stereocenters. The van der Waals surface area contributed by atoms with E-state index in [1.54, 1.807) is 0 Å². The van der Waals surface area contributed by atoms with Crippen LogP contribution in [0, 0.1) is 11.8 Å². The van der Waals surface area contributed by atoms with Gasteiger partial charge in [0.15, 0.2) is 0 Å². The molecular formula is C19H26N2O5S. The number of sulfonamides is 1. The molecule has 1 aromatic carbocycles. The van der Waals surface area contributed by atoms with Crippen molar-refractivity contribution in [2.24, 2.45) is 11.8 Å². The second-order valence-electron chi connectivity index (χ2n) is 7.85. The van der Waals surface area contributed by atoms with E-state index in [1.165, 1.54) is 24.3 Å². The predicted molar refractivity (Wildman–Crippen MR) is 99.8 cm³/mol. The molecule has 27 heavy (non-hydrogen) atoms. The molecule has 2 aliphatic rings. The number of rotatable bonds is 7. The van der Waals surface area contributed by atoms with Crippen LogP contribution in [0.15, 0.2) is 29.2 Å². The summed E-state index contributed by atoms with van der Waals surface area (Å²) in [5.74, 6) is -0.778. The van der Waals surface area contributed by atoms with Gasteiger partial charge in [0.05, 0.1) is 4.90 Å². The van der Waals surface area contributed by atoms with E-state index in [0.29, 0.717) is 31.2 Å². The molecule has 148 valence electrons. The molecule has 0 aromatic heterocycles. The molecule has 0 bridgehead atoms. The summed E-state index contributed by atoms with van der Waals surface area (Å²) >= 11 is 0. The van der Waals surface area contributed by atoms with Gasteiger partial charge in [0.25, 0.3) is 5.91 Å². The third-order valence-electron chi connectivity index (χ3n) is 5.56. The van der Waals surface area contributed by atoms with E-state index in [2.05, 4.69) is 17.0 Å². The summed E-state index contributed by atoms with van der Waals surface area (Å²) in [4.78, 5) is 24.5. The SMILES string of the molecule is CC1CCC(NC(=O)c2cccc(S(=O)(=O)NCC3CC3)c2)(C(=O)O)CC1. The van der Waals surface area contributed by atoms with Crippen LogP contribution in [-0.4, -0.2) is 37.5 Å². The number of hydrogen-bond donors (Lipinski definition) is 3. The minimum absolute atomic E-state index is 0.0115. The van der Waals surface area contributed by atoms with Crippen molar-refractivity contribution in [2.75, 3.05) is 6.54 Å². The second-order valence-corrected chi connectivity index (χ2v) is 9.61. The number of nitrogens with one attached hydrogen (secondary N) is 2. The van der Waals surface area contributed by atoms with Crippen LogP contribution < -0.4 is 10.0 Å². The monoisotopic (exact) mass is 394 g/mol. The van der Waals surface area contributed by atoms with Crippen molar-refractivity contribution in [3.8, 4) is 0 Å². The summed E-state index contributed by atoms with van der Waals surface area (Å²) in [5, 5.41) is 12.3. The Morgan fingerprint density at radius 3 is 2.44 bits per heavy atom. The normalized spacial score (nSPS) is 25.7. The van der Waals surface area contributed by atoms with E-state index in [-0.39, 0.29) is 10.5 Å². The number of benzene rings is 1. The fraction of sp³-hybridized carbons (Fsp3) is 0.579. The molecule has 2 saturated carbocycles. The lowest BCUT2D eigenvalue weighted by molar-refractivity contribution is -0.146. The topological polar surface area (TPSA) is 113 Å². The van der Waals surface area contributed by atoms with Crippen molar-refractivity contribution in [1.29, 1.82) is 0 Å². The zero-order chi connectivity index (χ0) is 19.7. The van der Waals surface area contributed by atoms with E-state index in [1.807, 2.05) is 0 Å². The number of carboxylic acids is 1. The number of aliphatic carboxylic acids is 1. The number of hydrogen-bond acceptors (Lipinski definition) is 4. The van der Waals surface area contributed by atoms with E-state index in [9.17, 15) is 23.1 Å². The average molecular weight is 394 g/mol. The van der Waals surface area contributed by atoms with Crippen molar-refractivity contribution in [2.45, 2.75) is 55.9 Å². The fourth-order valence-corrected chi connectivity index (χ4v) is 4.54. The third kappa shape index (κ3) is 4.68. The van der Waals surface area contributed by atoms with Gasteiger partial charge >= 0.3 is 5.97 Å². The Morgan fingerprint density at radius 1 is 1.19 bits per heavy atom. The largest absolute Gasteiger partial charge is 0.480 e. The highest BCUT2D eigenvalue weighted by molar-refractivity contribution is 7.89. The molecule has 0 heterocycles. The maximum Gasteiger partial charge on any atom is 0.329 e. The Labute approximate surface area is 159 Å². The number of amides is 1. The fourth-order valence-electron chi connectivity index (χ4n) is 3.37. The van der Waals surface area contributed by atoms with Crippen LogP contribution in [-0.2, 0) is 14.8 Å². The van der Waals surface area contributed by atoms with Crippen LogP contribution >= 0.6 is 0 Å². The van der Waals surface area contributed by atoms with Crippen LogP contribution in [0.5, 0.6) is 0 Å². The standard InChI is InChI=1S/C19H26N2O5S/c1-13-7-9-19(10-8-13,18(23)24)21-17(22)15-3-2-4-16(11-15)27(25,26)20-12-14-5-6-14/h2-4,11,13-14,20H,5-10,12H2,1H3,(H,21,22)(H,23,24). The quantitative estimate of drug-likeness (QED) is 0.656. The second kappa shape index (κ2) is 7.59. The lowest BCUT2D eigenvalue weighted by atomic mass is 9.77. The molecule has 0 spiro atoms. The minimum atomic E-state index is -3.69. The van der Waals surface area contributed by atoms with E-state index in [4.69, 9.17) is 0 Å². The molecule has 8 heteroatoms. The average Bonchev–Trinajstić information content (AvgIpc) is 3.46. The van der Waals surface area contributed by atoms with Crippen LogP contribution in [0.1, 0.15) is 55.8 Å². The van der Waals surface area contributed by atoms with E-state index in [0.717, 1.165) is 25.7 Å². The van der Waals surface area contributed by atoms with Gasteiger partial charge in [0.2, 0.25) is 10.0 Å². The van der Waals surface area contributed by atoms with Gasteiger partial charge in [-0.1, -0.05) is 13.0 Å². The maximum atomic E-state index is 12.7. The maximum absolute atomic E-state index is 12.7.